The van der Waals surface area contributed by atoms with Gasteiger partial charge in [0.1, 0.15) is 0 Å². The lowest BCUT2D eigenvalue weighted by Gasteiger charge is -2.19. The van der Waals surface area contributed by atoms with Gasteiger partial charge in [0, 0.05) is 0 Å². The fraction of sp³-hybridized carbons (Fsp3) is 0.529. The van der Waals surface area contributed by atoms with E-state index in [2.05, 4.69) is 4.74 Å². The van der Waals surface area contributed by atoms with Crippen LogP contribution in [0.15, 0.2) is 24.3 Å². The predicted octanol–water partition coefficient (Wildman–Crippen LogP) is 4.78. The number of esters is 2. The first-order valence-electron chi connectivity index (χ1n) is 7.97. The fourth-order valence-electron chi connectivity index (χ4n) is 1.84. The van der Waals surface area contributed by atoms with Crippen LogP contribution in [0.4, 0.5) is 22.0 Å². The van der Waals surface area contributed by atoms with E-state index in [1.165, 1.54) is 12.1 Å². The van der Waals surface area contributed by atoms with Crippen molar-refractivity contribution >= 4 is 11.9 Å². The lowest BCUT2D eigenvalue weighted by atomic mass is 10.1. The molecule has 1 aromatic carbocycles. The normalized spacial score (nSPS) is 11.9. The van der Waals surface area contributed by atoms with Gasteiger partial charge in [-0.05, 0) is 30.7 Å². The van der Waals surface area contributed by atoms with Gasteiger partial charge in [-0.15, -0.1) is 0 Å². The second-order valence-electron chi connectivity index (χ2n) is 5.55. The summed E-state index contributed by atoms with van der Waals surface area (Å²) in [4.78, 5) is 23.3. The molecule has 0 bridgehead atoms. The molecule has 146 valence electrons. The molecule has 0 heterocycles. The first kappa shape index (κ1) is 21.9. The Balaban J connectivity index is 2.53. The number of alkyl halides is 5. The van der Waals surface area contributed by atoms with Gasteiger partial charge in [0.05, 0.1) is 17.7 Å². The monoisotopic (exact) mass is 382 g/mol. The van der Waals surface area contributed by atoms with E-state index in [9.17, 15) is 31.5 Å². The van der Waals surface area contributed by atoms with E-state index in [0.717, 1.165) is 37.8 Å². The van der Waals surface area contributed by atoms with Crippen molar-refractivity contribution in [2.75, 3.05) is 13.2 Å². The molecule has 0 saturated heterocycles. The largest absolute Gasteiger partial charge is 0.462 e. The Morgan fingerprint density at radius 2 is 1.35 bits per heavy atom. The molecule has 0 unspecified atom stereocenters. The molecule has 0 spiro atoms. The van der Waals surface area contributed by atoms with Crippen molar-refractivity contribution in [2.45, 2.75) is 44.7 Å². The molecule has 4 nitrogen and oxygen atoms in total. The molecule has 0 amide bonds. The number of carbonyl (C=O) groups excluding carboxylic acids is 2. The van der Waals surface area contributed by atoms with E-state index in [-0.39, 0.29) is 17.7 Å². The van der Waals surface area contributed by atoms with Crippen LogP contribution in [0.1, 0.15) is 53.3 Å². The second kappa shape index (κ2) is 9.49. The molecule has 1 rings (SSSR count). The van der Waals surface area contributed by atoms with Crippen LogP contribution in [0.5, 0.6) is 0 Å². The zero-order chi connectivity index (χ0) is 19.8. The van der Waals surface area contributed by atoms with Crippen molar-refractivity contribution in [3.63, 3.8) is 0 Å². The fourth-order valence-corrected chi connectivity index (χ4v) is 1.84. The number of hydrogen-bond donors (Lipinski definition) is 0. The van der Waals surface area contributed by atoms with Crippen LogP contribution in [-0.2, 0) is 9.47 Å². The number of ether oxygens (including phenoxy) is 2. The summed E-state index contributed by atoms with van der Waals surface area (Å²) in [5.41, 5.74) is -0.139. The maximum absolute atomic E-state index is 12.7. The number of benzene rings is 1. The number of carbonyl (C=O) groups is 2. The van der Waals surface area contributed by atoms with E-state index in [1.807, 2.05) is 6.92 Å². The number of hydrogen-bond acceptors (Lipinski definition) is 4. The van der Waals surface area contributed by atoms with Crippen molar-refractivity contribution < 1.29 is 41.0 Å². The molecule has 26 heavy (non-hydrogen) atoms. The minimum atomic E-state index is -5.81. The summed E-state index contributed by atoms with van der Waals surface area (Å²) in [5.74, 6) is -7.11. The van der Waals surface area contributed by atoms with Crippen molar-refractivity contribution in [3.05, 3.63) is 35.4 Å². The van der Waals surface area contributed by atoms with E-state index < -0.39 is 30.6 Å². The first-order valence-corrected chi connectivity index (χ1v) is 7.97. The van der Waals surface area contributed by atoms with Crippen LogP contribution >= 0.6 is 0 Å². The summed E-state index contributed by atoms with van der Waals surface area (Å²) in [5, 5.41) is 0. The molecule has 0 fully saturated rings. The summed E-state index contributed by atoms with van der Waals surface area (Å²) in [6.07, 6.45) is -2.09. The van der Waals surface area contributed by atoms with Crippen LogP contribution in [0, 0.1) is 0 Å². The third kappa shape index (κ3) is 6.61. The van der Waals surface area contributed by atoms with Crippen LogP contribution in [0.3, 0.4) is 0 Å². The zero-order valence-corrected chi connectivity index (χ0v) is 14.1. The van der Waals surface area contributed by atoms with Crippen LogP contribution in [0.25, 0.3) is 0 Å². The molecule has 0 aromatic heterocycles. The summed E-state index contributed by atoms with van der Waals surface area (Å²) >= 11 is 0. The van der Waals surface area contributed by atoms with Crippen molar-refractivity contribution in [2.24, 2.45) is 0 Å². The Morgan fingerprint density at radius 1 is 0.846 bits per heavy atom. The molecular formula is C17H19F5O4. The van der Waals surface area contributed by atoms with Gasteiger partial charge in [-0.3, -0.25) is 0 Å². The van der Waals surface area contributed by atoms with Crippen molar-refractivity contribution in [3.8, 4) is 0 Å². The third-order valence-electron chi connectivity index (χ3n) is 3.39. The molecule has 0 aliphatic rings. The number of unbranched alkanes of at least 4 members (excludes halogenated alkanes) is 3. The molecule has 1 aromatic rings. The molecule has 0 aliphatic heterocycles. The van der Waals surface area contributed by atoms with Gasteiger partial charge in [-0.25, -0.2) is 9.59 Å². The van der Waals surface area contributed by atoms with E-state index in [0.29, 0.717) is 0 Å². The summed E-state index contributed by atoms with van der Waals surface area (Å²) in [6.45, 7) is 0.175. The van der Waals surface area contributed by atoms with Gasteiger partial charge in [-0.2, -0.15) is 22.0 Å². The summed E-state index contributed by atoms with van der Waals surface area (Å²) < 4.78 is 70.5. The Morgan fingerprint density at radius 3 is 1.81 bits per heavy atom. The predicted molar refractivity (Wildman–Crippen MR) is 82.2 cm³/mol. The maximum Gasteiger partial charge on any atom is 0.456 e. The minimum absolute atomic E-state index is 0.123. The molecule has 0 atom stereocenters. The molecule has 0 radical (unpaired) electrons. The number of halogens is 5. The van der Waals surface area contributed by atoms with Crippen molar-refractivity contribution in [1.82, 2.24) is 0 Å². The zero-order valence-electron chi connectivity index (χ0n) is 14.1. The Kier molecular flexibility index (Phi) is 7.98. The first-order chi connectivity index (χ1) is 12.1. The highest BCUT2D eigenvalue weighted by Crippen LogP contribution is 2.35. The van der Waals surface area contributed by atoms with Gasteiger partial charge in [0.15, 0.2) is 6.61 Å². The van der Waals surface area contributed by atoms with Gasteiger partial charge in [0.2, 0.25) is 0 Å². The SMILES string of the molecule is CCCCCCOC(=O)c1ccc(C(=O)OCC(F)(F)C(F)(F)F)cc1. The van der Waals surface area contributed by atoms with E-state index in [1.54, 1.807) is 0 Å². The highest BCUT2D eigenvalue weighted by atomic mass is 19.4. The van der Waals surface area contributed by atoms with Gasteiger partial charge in [-0.1, -0.05) is 26.2 Å². The lowest BCUT2D eigenvalue weighted by Crippen LogP contribution is -2.41. The maximum atomic E-state index is 12.7. The summed E-state index contributed by atoms with van der Waals surface area (Å²) in [7, 11) is 0. The molecule has 0 N–H and O–H groups in total. The van der Waals surface area contributed by atoms with Gasteiger partial charge < -0.3 is 9.47 Å². The van der Waals surface area contributed by atoms with Crippen molar-refractivity contribution in [1.29, 1.82) is 0 Å². The Labute approximate surface area is 147 Å². The minimum Gasteiger partial charge on any atom is -0.462 e. The Bertz CT molecular complexity index is 596. The van der Waals surface area contributed by atoms with Crippen LogP contribution < -0.4 is 0 Å². The molecular weight excluding hydrogens is 363 g/mol. The summed E-state index contributed by atoms with van der Waals surface area (Å²) in [6, 6.07) is 4.57. The molecule has 0 aliphatic carbocycles. The quantitative estimate of drug-likeness (QED) is 0.350. The van der Waals surface area contributed by atoms with Gasteiger partial charge >= 0.3 is 24.0 Å². The van der Waals surface area contributed by atoms with Crippen LogP contribution in [-0.4, -0.2) is 37.3 Å². The number of rotatable bonds is 9. The Hall–Kier alpha value is -2.19. The van der Waals surface area contributed by atoms with E-state index >= 15 is 0 Å². The topological polar surface area (TPSA) is 52.6 Å². The highest BCUT2D eigenvalue weighted by Gasteiger charge is 2.58. The molecule has 0 saturated carbocycles. The highest BCUT2D eigenvalue weighted by molar-refractivity contribution is 5.93. The van der Waals surface area contributed by atoms with E-state index in [4.69, 9.17) is 4.74 Å². The second-order valence-corrected chi connectivity index (χ2v) is 5.55. The third-order valence-corrected chi connectivity index (χ3v) is 3.39. The smallest absolute Gasteiger partial charge is 0.456 e. The lowest BCUT2D eigenvalue weighted by molar-refractivity contribution is -0.292. The van der Waals surface area contributed by atoms with Gasteiger partial charge in [0.25, 0.3) is 0 Å². The van der Waals surface area contributed by atoms with Crippen LogP contribution in [0.2, 0.25) is 0 Å². The average molecular weight is 382 g/mol. The standard InChI is InChI=1S/C17H19F5O4/c1-2-3-4-5-10-25-14(23)12-6-8-13(9-7-12)15(24)26-11-16(18,19)17(20,21)22/h6-9H,2-5,10-11H2,1H3. The average Bonchev–Trinajstić information content (AvgIpc) is 2.58. The molecule has 9 heteroatoms.